The topological polar surface area (TPSA) is 67.5 Å². The van der Waals surface area contributed by atoms with Crippen LogP contribution in [0.5, 0.6) is 0 Å². The van der Waals surface area contributed by atoms with E-state index in [9.17, 15) is 9.59 Å². The average molecular weight is 254 g/mol. The number of carbonyl (C=O) groups is 1. The van der Waals surface area contributed by atoms with Crippen molar-refractivity contribution < 1.29 is 14.3 Å². The largest absolute Gasteiger partial charge is 0.481 e. The van der Waals surface area contributed by atoms with Gasteiger partial charge in [0, 0.05) is 0 Å². The van der Waals surface area contributed by atoms with Crippen LogP contribution >= 0.6 is 0 Å². The van der Waals surface area contributed by atoms with E-state index < -0.39 is 5.97 Å². The number of carboxylic acid groups (broad SMARTS) is 1. The second-order valence-electron chi connectivity index (χ2n) is 4.33. The molecule has 0 amide bonds. The molecule has 0 atom stereocenters. The number of aliphatic carboxylic acids is 1. The summed E-state index contributed by atoms with van der Waals surface area (Å²) in [6, 6.07) is 11.9. The van der Waals surface area contributed by atoms with Gasteiger partial charge in [0.1, 0.15) is 11.2 Å². The highest BCUT2D eigenvalue weighted by atomic mass is 16.4. The van der Waals surface area contributed by atoms with Crippen LogP contribution in [0.25, 0.3) is 21.9 Å². The first-order valence-electron chi connectivity index (χ1n) is 5.81. The van der Waals surface area contributed by atoms with Crippen molar-refractivity contribution in [2.24, 2.45) is 0 Å². The van der Waals surface area contributed by atoms with Crippen LogP contribution in [0.2, 0.25) is 0 Å². The Balaban J connectivity index is 2.32. The van der Waals surface area contributed by atoms with Crippen LogP contribution in [-0.4, -0.2) is 11.1 Å². The molecule has 19 heavy (non-hydrogen) atoms. The van der Waals surface area contributed by atoms with Crippen LogP contribution in [0.4, 0.5) is 0 Å². The van der Waals surface area contributed by atoms with Crippen molar-refractivity contribution in [1.29, 1.82) is 0 Å². The van der Waals surface area contributed by atoms with Crippen molar-refractivity contribution in [2.75, 3.05) is 0 Å². The molecular formula is C15H10O4. The van der Waals surface area contributed by atoms with Gasteiger partial charge in [0.25, 0.3) is 0 Å². The molecule has 0 bridgehead atoms. The Morgan fingerprint density at radius 1 is 1.05 bits per heavy atom. The molecule has 0 aliphatic rings. The van der Waals surface area contributed by atoms with Gasteiger partial charge in [-0.25, -0.2) is 0 Å². The quantitative estimate of drug-likeness (QED) is 0.714. The third-order valence-corrected chi connectivity index (χ3v) is 3.00. The third kappa shape index (κ3) is 1.97. The Labute approximate surface area is 107 Å². The summed E-state index contributed by atoms with van der Waals surface area (Å²) in [4.78, 5) is 22.9. The summed E-state index contributed by atoms with van der Waals surface area (Å²) in [6.45, 7) is 0. The Morgan fingerprint density at radius 3 is 2.58 bits per heavy atom. The van der Waals surface area contributed by atoms with Crippen LogP contribution < -0.4 is 5.43 Å². The van der Waals surface area contributed by atoms with E-state index in [1.165, 1.54) is 0 Å². The SMILES string of the molecule is O=C(O)Cc1ccc2c(=O)c3ccccc3oc2c1. The zero-order chi connectivity index (χ0) is 13.4. The molecule has 94 valence electrons. The Bertz CT molecular complexity index is 846. The molecule has 2 aromatic carbocycles. The van der Waals surface area contributed by atoms with Gasteiger partial charge in [0.15, 0.2) is 0 Å². The standard InChI is InChI=1S/C15H10O4/c16-14(17)8-9-5-6-11-13(7-9)19-12-4-2-1-3-10(12)15(11)18/h1-7H,8H2,(H,16,17). The van der Waals surface area contributed by atoms with Gasteiger partial charge in [-0.3, -0.25) is 9.59 Å². The van der Waals surface area contributed by atoms with Gasteiger partial charge < -0.3 is 9.52 Å². The Hall–Kier alpha value is -2.62. The van der Waals surface area contributed by atoms with Gasteiger partial charge in [-0.2, -0.15) is 0 Å². The average Bonchev–Trinajstić information content (AvgIpc) is 2.38. The number of rotatable bonds is 2. The third-order valence-electron chi connectivity index (χ3n) is 3.00. The van der Waals surface area contributed by atoms with E-state index in [0.29, 0.717) is 27.5 Å². The van der Waals surface area contributed by atoms with Gasteiger partial charge in [0.2, 0.25) is 5.43 Å². The lowest BCUT2D eigenvalue weighted by molar-refractivity contribution is -0.136. The smallest absolute Gasteiger partial charge is 0.307 e. The second-order valence-corrected chi connectivity index (χ2v) is 4.33. The molecule has 0 aliphatic carbocycles. The van der Waals surface area contributed by atoms with E-state index >= 15 is 0 Å². The summed E-state index contributed by atoms with van der Waals surface area (Å²) in [7, 11) is 0. The van der Waals surface area contributed by atoms with Crippen molar-refractivity contribution in [2.45, 2.75) is 6.42 Å². The molecule has 1 N–H and O–H groups in total. The van der Waals surface area contributed by atoms with Gasteiger partial charge in [0.05, 0.1) is 17.2 Å². The predicted molar refractivity (Wildman–Crippen MR) is 71.3 cm³/mol. The lowest BCUT2D eigenvalue weighted by Crippen LogP contribution is -2.04. The van der Waals surface area contributed by atoms with Crippen LogP contribution in [0.1, 0.15) is 5.56 Å². The highest BCUT2D eigenvalue weighted by Crippen LogP contribution is 2.19. The van der Waals surface area contributed by atoms with E-state index in [1.807, 2.05) is 0 Å². The highest BCUT2D eigenvalue weighted by molar-refractivity contribution is 5.90. The number of para-hydroxylation sites is 1. The Morgan fingerprint density at radius 2 is 1.79 bits per heavy atom. The molecule has 1 heterocycles. The first-order valence-corrected chi connectivity index (χ1v) is 5.81. The van der Waals surface area contributed by atoms with Crippen molar-refractivity contribution in [3.8, 4) is 0 Å². The minimum atomic E-state index is -0.914. The fraction of sp³-hybridized carbons (Fsp3) is 0.0667. The Kier molecular flexibility index (Phi) is 2.56. The van der Waals surface area contributed by atoms with Crippen molar-refractivity contribution in [1.82, 2.24) is 0 Å². The monoisotopic (exact) mass is 254 g/mol. The molecule has 4 nitrogen and oxygen atoms in total. The maximum Gasteiger partial charge on any atom is 0.307 e. The fourth-order valence-electron chi connectivity index (χ4n) is 2.13. The van der Waals surface area contributed by atoms with Crippen molar-refractivity contribution in [3.05, 3.63) is 58.3 Å². The zero-order valence-corrected chi connectivity index (χ0v) is 9.92. The van der Waals surface area contributed by atoms with Crippen LogP contribution in [0.3, 0.4) is 0 Å². The van der Waals surface area contributed by atoms with Crippen LogP contribution in [0, 0.1) is 0 Å². The molecule has 3 aromatic rings. The number of carboxylic acids is 1. The number of hydrogen-bond acceptors (Lipinski definition) is 3. The van der Waals surface area contributed by atoms with E-state index in [4.69, 9.17) is 9.52 Å². The molecular weight excluding hydrogens is 244 g/mol. The minimum Gasteiger partial charge on any atom is -0.481 e. The summed E-state index contributed by atoms with van der Waals surface area (Å²) >= 11 is 0. The lowest BCUT2D eigenvalue weighted by Gasteiger charge is -2.03. The minimum absolute atomic E-state index is 0.0908. The molecule has 1 aromatic heterocycles. The summed E-state index contributed by atoms with van der Waals surface area (Å²) in [6.07, 6.45) is -0.0908. The van der Waals surface area contributed by atoms with Crippen molar-refractivity contribution >= 4 is 27.9 Å². The molecule has 4 heteroatoms. The van der Waals surface area contributed by atoms with Gasteiger partial charge in [-0.15, -0.1) is 0 Å². The lowest BCUT2D eigenvalue weighted by atomic mass is 10.1. The number of hydrogen-bond donors (Lipinski definition) is 1. The first kappa shape index (κ1) is 11.5. The van der Waals surface area contributed by atoms with Gasteiger partial charge in [-0.05, 0) is 29.8 Å². The zero-order valence-electron chi connectivity index (χ0n) is 9.92. The molecule has 0 unspecified atom stereocenters. The van der Waals surface area contributed by atoms with Gasteiger partial charge in [-0.1, -0.05) is 18.2 Å². The maximum atomic E-state index is 12.2. The molecule has 0 saturated heterocycles. The molecule has 0 radical (unpaired) electrons. The molecule has 0 fully saturated rings. The normalized spacial score (nSPS) is 10.9. The summed E-state index contributed by atoms with van der Waals surface area (Å²) in [5.41, 5.74) is 1.44. The number of benzene rings is 2. The molecule has 0 saturated carbocycles. The van der Waals surface area contributed by atoms with Crippen LogP contribution in [0.15, 0.2) is 51.7 Å². The van der Waals surface area contributed by atoms with Crippen molar-refractivity contribution in [3.63, 3.8) is 0 Å². The molecule has 3 rings (SSSR count). The van der Waals surface area contributed by atoms with E-state index in [2.05, 4.69) is 0 Å². The fourth-order valence-corrected chi connectivity index (χ4v) is 2.13. The molecule has 0 spiro atoms. The second kappa shape index (κ2) is 4.24. The summed E-state index contributed by atoms with van der Waals surface area (Å²) < 4.78 is 5.66. The maximum absolute atomic E-state index is 12.2. The van der Waals surface area contributed by atoms with Crippen LogP contribution in [-0.2, 0) is 11.2 Å². The first-order chi connectivity index (χ1) is 9.15. The van der Waals surface area contributed by atoms with E-state index in [0.717, 1.165) is 0 Å². The summed E-state index contributed by atoms with van der Waals surface area (Å²) in [5.74, 6) is -0.914. The van der Waals surface area contributed by atoms with E-state index in [-0.39, 0.29) is 11.8 Å². The number of fused-ring (bicyclic) bond motifs is 2. The van der Waals surface area contributed by atoms with E-state index in [1.54, 1.807) is 42.5 Å². The molecule has 0 aliphatic heterocycles. The van der Waals surface area contributed by atoms with Gasteiger partial charge >= 0.3 is 5.97 Å². The summed E-state index contributed by atoms with van der Waals surface area (Å²) in [5, 5.41) is 9.77. The predicted octanol–water partition coefficient (Wildman–Crippen LogP) is 2.57. The highest BCUT2D eigenvalue weighted by Gasteiger charge is 2.08.